The van der Waals surface area contributed by atoms with Crippen LogP contribution in [0.3, 0.4) is 0 Å². The molecule has 1 heterocycles. The first-order valence-electron chi connectivity index (χ1n) is 8.13. The molecule has 0 aromatic heterocycles. The molecule has 0 fully saturated rings. The molecule has 2 aromatic carbocycles. The number of hydrogen-bond acceptors (Lipinski definition) is 1. The third-order valence-electron chi connectivity index (χ3n) is 4.77. The first-order chi connectivity index (χ1) is 10.8. The summed E-state index contributed by atoms with van der Waals surface area (Å²) in [4.78, 5) is 6.91. The van der Waals surface area contributed by atoms with Crippen LogP contribution in [0.4, 0.5) is 11.4 Å². The Bertz CT molecular complexity index is 739. The average Bonchev–Trinajstić information content (AvgIpc) is 2.99. The number of fused-ring (bicyclic) bond motifs is 2. The van der Waals surface area contributed by atoms with Crippen molar-refractivity contribution >= 4 is 29.7 Å². The largest absolute Gasteiger partial charge is 0.369 e. The molecule has 0 amide bonds. The molecule has 0 unspecified atom stereocenters. The lowest BCUT2D eigenvalue weighted by atomic mass is 9.90. The number of nitrogens with zero attached hydrogens (tertiary/aromatic N) is 2. The first-order valence-corrected chi connectivity index (χ1v) is 8.13. The molecule has 0 saturated heterocycles. The number of benzene rings is 2. The lowest BCUT2D eigenvalue weighted by Gasteiger charge is -2.20. The minimum atomic E-state index is 0. The summed E-state index contributed by atoms with van der Waals surface area (Å²) < 4.78 is 0. The SMILES string of the molecule is Cl.NC(=Nc1cccc2c1CCCC2)N1CCc2ccccc21. The number of halogens is 1. The van der Waals surface area contributed by atoms with E-state index >= 15 is 0 Å². The van der Waals surface area contributed by atoms with Crippen LogP contribution in [0.5, 0.6) is 0 Å². The summed E-state index contributed by atoms with van der Waals surface area (Å²) in [5, 5.41) is 0. The molecule has 2 aliphatic rings. The van der Waals surface area contributed by atoms with Gasteiger partial charge in [0.2, 0.25) is 5.96 Å². The number of rotatable bonds is 1. The van der Waals surface area contributed by atoms with Gasteiger partial charge in [0.15, 0.2) is 0 Å². The Morgan fingerprint density at radius 3 is 2.61 bits per heavy atom. The van der Waals surface area contributed by atoms with Gasteiger partial charge in [0, 0.05) is 12.2 Å². The highest BCUT2D eigenvalue weighted by Gasteiger charge is 2.21. The predicted molar refractivity (Wildman–Crippen MR) is 99.1 cm³/mol. The molecule has 1 aliphatic carbocycles. The van der Waals surface area contributed by atoms with Crippen LogP contribution in [0.15, 0.2) is 47.5 Å². The summed E-state index contributed by atoms with van der Waals surface area (Å²) in [7, 11) is 0. The lowest BCUT2D eigenvalue weighted by Crippen LogP contribution is -2.35. The highest BCUT2D eigenvalue weighted by Crippen LogP contribution is 2.31. The van der Waals surface area contributed by atoms with E-state index in [-0.39, 0.29) is 12.4 Å². The van der Waals surface area contributed by atoms with Gasteiger partial charge >= 0.3 is 0 Å². The molecule has 0 radical (unpaired) electrons. The smallest absolute Gasteiger partial charge is 0.201 e. The molecule has 0 atom stereocenters. The fourth-order valence-electron chi connectivity index (χ4n) is 3.63. The normalized spacial score (nSPS) is 16.5. The van der Waals surface area contributed by atoms with E-state index in [2.05, 4.69) is 47.4 Å². The van der Waals surface area contributed by atoms with Crippen molar-refractivity contribution in [2.75, 3.05) is 11.4 Å². The van der Waals surface area contributed by atoms with E-state index in [9.17, 15) is 0 Å². The molecule has 1 aliphatic heterocycles. The average molecular weight is 328 g/mol. The van der Waals surface area contributed by atoms with Crippen LogP contribution in [-0.2, 0) is 19.3 Å². The zero-order valence-corrected chi connectivity index (χ0v) is 14.0. The van der Waals surface area contributed by atoms with E-state index in [0.717, 1.165) is 25.1 Å². The van der Waals surface area contributed by atoms with E-state index < -0.39 is 0 Å². The number of hydrogen-bond donors (Lipinski definition) is 1. The Kier molecular flexibility index (Phi) is 4.58. The fourth-order valence-corrected chi connectivity index (χ4v) is 3.63. The van der Waals surface area contributed by atoms with Crippen LogP contribution in [0.2, 0.25) is 0 Å². The van der Waals surface area contributed by atoms with Gasteiger partial charge in [0.05, 0.1) is 5.69 Å². The summed E-state index contributed by atoms with van der Waals surface area (Å²) >= 11 is 0. The van der Waals surface area contributed by atoms with Crippen molar-refractivity contribution in [2.24, 2.45) is 10.7 Å². The molecular formula is C19H22ClN3. The van der Waals surface area contributed by atoms with Crippen molar-refractivity contribution in [3.8, 4) is 0 Å². The van der Waals surface area contributed by atoms with E-state index in [1.807, 2.05) is 0 Å². The molecule has 3 nitrogen and oxygen atoms in total. The van der Waals surface area contributed by atoms with E-state index in [1.54, 1.807) is 0 Å². The molecule has 0 saturated carbocycles. The lowest BCUT2D eigenvalue weighted by molar-refractivity contribution is 0.686. The van der Waals surface area contributed by atoms with Crippen LogP contribution < -0.4 is 10.6 Å². The van der Waals surface area contributed by atoms with Crippen LogP contribution in [0.25, 0.3) is 0 Å². The Morgan fingerprint density at radius 1 is 0.913 bits per heavy atom. The van der Waals surface area contributed by atoms with Gasteiger partial charge in [-0.2, -0.15) is 0 Å². The number of para-hydroxylation sites is 1. The zero-order chi connectivity index (χ0) is 14.9. The Labute approximate surface area is 143 Å². The molecule has 4 rings (SSSR count). The maximum atomic E-state index is 6.33. The predicted octanol–water partition coefficient (Wildman–Crippen LogP) is 4.00. The van der Waals surface area contributed by atoms with Gasteiger partial charge in [-0.05, 0) is 60.9 Å². The van der Waals surface area contributed by atoms with Gasteiger partial charge in [0.1, 0.15) is 0 Å². The Hall–Kier alpha value is -2.00. The molecular weight excluding hydrogens is 306 g/mol. The number of nitrogens with two attached hydrogens (primary N) is 1. The van der Waals surface area contributed by atoms with Crippen molar-refractivity contribution in [3.63, 3.8) is 0 Å². The molecule has 4 heteroatoms. The van der Waals surface area contributed by atoms with E-state index in [4.69, 9.17) is 10.7 Å². The second-order valence-corrected chi connectivity index (χ2v) is 6.12. The second-order valence-electron chi connectivity index (χ2n) is 6.12. The maximum Gasteiger partial charge on any atom is 0.201 e. The number of aryl methyl sites for hydroxylation is 1. The number of guanidine groups is 1. The van der Waals surface area contributed by atoms with Gasteiger partial charge in [-0.25, -0.2) is 4.99 Å². The summed E-state index contributed by atoms with van der Waals surface area (Å²) in [6.45, 7) is 0.920. The highest BCUT2D eigenvalue weighted by atomic mass is 35.5. The van der Waals surface area contributed by atoms with Crippen LogP contribution >= 0.6 is 12.4 Å². The Morgan fingerprint density at radius 2 is 1.70 bits per heavy atom. The quantitative estimate of drug-likeness (QED) is 0.635. The zero-order valence-electron chi connectivity index (χ0n) is 13.2. The van der Waals surface area contributed by atoms with Gasteiger partial charge in [-0.15, -0.1) is 12.4 Å². The van der Waals surface area contributed by atoms with Crippen molar-refractivity contribution in [1.82, 2.24) is 0 Å². The Balaban J connectivity index is 0.00000156. The van der Waals surface area contributed by atoms with Crippen molar-refractivity contribution in [2.45, 2.75) is 32.1 Å². The second kappa shape index (κ2) is 6.63. The first kappa shape index (κ1) is 15.9. The van der Waals surface area contributed by atoms with E-state index in [0.29, 0.717) is 5.96 Å². The van der Waals surface area contributed by atoms with Gasteiger partial charge in [0.25, 0.3) is 0 Å². The van der Waals surface area contributed by atoms with Crippen molar-refractivity contribution < 1.29 is 0 Å². The van der Waals surface area contributed by atoms with Crippen LogP contribution in [-0.4, -0.2) is 12.5 Å². The summed E-state index contributed by atoms with van der Waals surface area (Å²) in [6, 6.07) is 14.9. The summed E-state index contributed by atoms with van der Waals surface area (Å²) in [5.41, 5.74) is 12.8. The monoisotopic (exact) mass is 327 g/mol. The van der Waals surface area contributed by atoms with Gasteiger partial charge < -0.3 is 10.6 Å². The molecule has 0 bridgehead atoms. The summed E-state index contributed by atoms with van der Waals surface area (Å²) in [5.74, 6) is 0.615. The standard InChI is InChI=1S/C19H21N3.ClH/c20-19(22-13-12-15-7-2-4-11-18(15)22)21-17-10-5-8-14-6-1-3-9-16(14)17;/h2,4-5,7-8,10-11H,1,3,6,9,12-13H2,(H2,20,21);1H. The van der Waals surface area contributed by atoms with Crippen molar-refractivity contribution in [3.05, 3.63) is 59.2 Å². The third-order valence-corrected chi connectivity index (χ3v) is 4.77. The summed E-state index contributed by atoms with van der Waals surface area (Å²) in [6.07, 6.45) is 5.88. The topological polar surface area (TPSA) is 41.6 Å². The minimum Gasteiger partial charge on any atom is -0.369 e. The van der Waals surface area contributed by atoms with Gasteiger partial charge in [-0.1, -0.05) is 30.3 Å². The molecule has 0 spiro atoms. The fraction of sp³-hybridized carbons (Fsp3) is 0.316. The van der Waals surface area contributed by atoms with Crippen molar-refractivity contribution in [1.29, 1.82) is 0 Å². The molecule has 23 heavy (non-hydrogen) atoms. The number of aliphatic imine (C=N–C) groups is 1. The minimum absolute atomic E-state index is 0. The van der Waals surface area contributed by atoms with Gasteiger partial charge in [-0.3, -0.25) is 0 Å². The molecule has 2 N–H and O–H groups in total. The third kappa shape index (κ3) is 2.93. The highest BCUT2D eigenvalue weighted by molar-refractivity contribution is 5.98. The van der Waals surface area contributed by atoms with Crippen LogP contribution in [0, 0.1) is 0 Å². The number of anilines is 1. The maximum absolute atomic E-state index is 6.33. The van der Waals surface area contributed by atoms with Crippen LogP contribution in [0.1, 0.15) is 29.5 Å². The van der Waals surface area contributed by atoms with E-state index in [1.165, 1.54) is 41.6 Å². The molecule has 2 aromatic rings. The molecule has 120 valence electrons.